The van der Waals surface area contributed by atoms with Crippen LogP contribution in [0, 0.1) is 5.82 Å². The molecular weight excluding hydrogens is 337 g/mol. The first-order valence-corrected chi connectivity index (χ1v) is 9.35. The lowest BCUT2D eigenvalue weighted by atomic mass is 10.3. The molecule has 0 spiro atoms. The molecule has 0 atom stereocenters. The topological polar surface area (TPSA) is 37.8 Å². The number of aromatic nitrogens is 2. The number of hydrogen-bond acceptors (Lipinski definition) is 6. The molecule has 4 aromatic rings. The summed E-state index contributed by atoms with van der Waals surface area (Å²) in [7, 11) is 0. The highest BCUT2D eigenvalue weighted by Gasteiger charge is 2.09. The molecule has 2 aromatic carbocycles. The van der Waals surface area contributed by atoms with Crippen molar-refractivity contribution >= 4 is 65.7 Å². The summed E-state index contributed by atoms with van der Waals surface area (Å²) in [6, 6.07) is 11.0. The van der Waals surface area contributed by atoms with Crippen molar-refractivity contribution in [1.82, 2.24) is 9.97 Å². The lowest BCUT2D eigenvalue weighted by Gasteiger charge is -2.01. The van der Waals surface area contributed by atoms with E-state index in [0.717, 1.165) is 24.9 Å². The van der Waals surface area contributed by atoms with E-state index in [1.807, 2.05) is 24.5 Å². The molecule has 7 heteroatoms. The fourth-order valence-electron chi connectivity index (χ4n) is 2.16. The van der Waals surface area contributed by atoms with Gasteiger partial charge in [0.25, 0.3) is 0 Å². The van der Waals surface area contributed by atoms with E-state index < -0.39 is 0 Å². The van der Waals surface area contributed by atoms with E-state index in [-0.39, 0.29) is 5.82 Å². The number of nitrogens with zero attached hydrogens (tertiary/aromatic N) is 2. The first kappa shape index (κ1) is 13.9. The minimum atomic E-state index is -0.288. The van der Waals surface area contributed by atoms with Gasteiger partial charge in [0, 0.05) is 5.69 Å². The minimum Gasteiger partial charge on any atom is -0.331 e. The number of thioether (sulfide) groups is 1. The SMILES string of the molecule is CSc1nc2ccc(Nc3nc4c(F)cccc4s3)cc2s1. The maximum atomic E-state index is 13.7. The fraction of sp³-hybridized carbons (Fsp3) is 0.0667. The largest absolute Gasteiger partial charge is 0.331 e. The van der Waals surface area contributed by atoms with Crippen molar-refractivity contribution in [2.75, 3.05) is 11.6 Å². The molecule has 0 amide bonds. The Morgan fingerprint density at radius 3 is 2.82 bits per heavy atom. The number of rotatable bonds is 3. The van der Waals surface area contributed by atoms with Crippen molar-refractivity contribution in [2.45, 2.75) is 4.34 Å². The molecular formula is C15H10FN3S3. The van der Waals surface area contributed by atoms with Crippen LogP contribution in [0.3, 0.4) is 0 Å². The van der Waals surface area contributed by atoms with E-state index in [1.165, 1.54) is 17.4 Å². The highest BCUT2D eigenvalue weighted by molar-refractivity contribution is 8.00. The van der Waals surface area contributed by atoms with E-state index in [2.05, 4.69) is 21.4 Å². The molecule has 0 aliphatic heterocycles. The van der Waals surface area contributed by atoms with Gasteiger partial charge >= 0.3 is 0 Å². The van der Waals surface area contributed by atoms with Gasteiger partial charge in [-0.05, 0) is 36.6 Å². The number of fused-ring (bicyclic) bond motifs is 2. The van der Waals surface area contributed by atoms with E-state index in [9.17, 15) is 4.39 Å². The molecule has 0 radical (unpaired) electrons. The summed E-state index contributed by atoms with van der Waals surface area (Å²) in [4.78, 5) is 8.84. The standard InChI is InChI=1S/C15H10FN3S3/c1-20-15-18-10-6-5-8(7-12(10)22-15)17-14-19-13-9(16)3-2-4-11(13)21-14/h2-7H,1H3,(H,17,19). The van der Waals surface area contributed by atoms with Gasteiger partial charge in [0.2, 0.25) is 0 Å². The van der Waals surface area contributed by atoms with E-state index in [0.29, 0.717) is 10.6 Å². The third kappa shape index (κ3) is 2.45. The molecule has 0 saturated heterocycles. The maximum absolute atomic E-state index is 13.7. The first-order valence-electron chi connectivity index (χ1n) is 6.49. The zero-order valence-electron chi connectivity index (χ0n) is 11.5. The van der Waals surface area contributed by atoms with E-state index >= 15 is 0 Å². The molecule has 22 heavy (non-hydrogen) atoms. The molecule has 4 rings (SSSR count). The summed E-state index contributed by atoms with van der Waals surface area (Å²) < 4.78 is 16.7. The Labute approximate surface area is 138 Å². The Morgan fingerprint density at radius 2 is 2.00 bits per heavy atom. The van der Waals surface area contributed by atoms with E-state index in [4.69, 9.17) is 0 Å². The monoisotopic (exact) mass is 347 g/mol. The molecule has 2 aromatic heterocycles. The number of thiazole rings is 2. The normalized spacial score (nSPS) is 11.4. The summed E-state index contributed by atoms with van der Waals surface area (Å²) in [5, 5.41) is 3.94. The van der Waals surface area contributed by atoms with Crippen LogP contribution in [0.1, 0.15) is 0 Å². The van der Waals surface area contributed by atoms with Gasteiger partial charge in [0.15, 0.2) is 9.47 Å². The maximum Gasteiger partial charge on any atom is 0.188 e. The third-order valence-electron chi connectivity index (χ3n) is 3.16. The predicted octanol–water partition coefficient (Wildman–Crippen LogP) is 5.51. The highest BCUT2D eigenvalue weighted by Crippen LogP contribution is 2.33. The summed E-state index contributed by atoms with van der Waals surface area (Å²) in [6.07, 6.45) is 2.02. The van der Waals surface area contributed by atoms with Crippen LogP contribution in [-0.4, -0.2) is 16.2 Å². The van der Waals surface area contributed by atoms with Crippen molar-refractivity contribution in [3.8, 4) is 0 Å². The average molecular weight is 347 g/mol. The minimum absolute atomic E-state index is 0.288. The van der Waals surface area contributed by atoms with Gasteiger partial charge in [-0.3, -0.25) is 0 Å². The summed E-state index contributed by atoms with van der Waals surface area (Å²) in [5.41, 5.74) is 2.34. The van der Waals surface area contributed by atoms with Crippen molar-refractivity contribution in [2.24, 2.45) is 0 Å². The summed E-state index contributed by atoms with van der Waals surface area (Å²) in [6.45, 7) is 0. The smallest absolute Gasteiger partial charge is 0.188 e. The van der Waals surface area contributed by atoms with Crippen LogP contribution in [0.2, 0.25) is 0 Å². The van der Waals surface area contributed by atoms with E-state index in [1.54, 1.807) is 29.2 Å². The Morgan fingerprint density at radius 1 is 1.09 bits per heavy atom. The fourth-order valence-corrected chi connectivity index (χ4v) is 4.59. The molecule has 0 aliphatic rings. The number of nitrogens with one attached hydrogen (secondary N) is 1. The lowest BCUT2D eigenvalue weighted by Crippen LogP contribution is -1.88. The molecule has 0 bridgehead atoms. The number of benzene rings is 2. The number of hydrogen-bond donors (Lipinski definition) is 1. The molecule has 0 unspecified atom stereocenters. The Balaban J connectivity index is 1.70. The molecule has 0 saturated carbocycles. The molecule has 1 N–H and O–H groups in total. The van der Waals surface area contributed by atoms with Gasteiger partial charge in [-0.2, -0.15) is 0 Å². The molecule has 0 aliphatic carbocycles. The first-order chi connectivity index (χ1) is 10.7. The predicted molar refractivity (Wildman–Crippen MR) is 94.3 cm³/mol. The van der Waals surface area contributed by atoms with Gasteiger partial charge in [-0.15, -0.1) is 11.3 Å². The quantitative estimate of drug-likeness (QED) is 0.496. The highest BCUT2D eigenvalue weighted by atomic mass is 32.2. The Bertz CT molecular complexity index is 977. The van der Waals surface area contributed by atoms with Gasteiger partial charge < -0.3 is 5.32 Å². The summed E-state index contributed by atoms with van der Waals surface area (Å²) in [5.74, 6) is -0.288. The van der Waals surface area contributed by atoms with Crippen LogP contribution in [0.25, 0.3) is 20.4 Å². The zero-order chi connectivity index (χ0) is 15.1. The molecule has 3 nitrogen and oxygen atoms in total. The molecule has 110 valence electrons. The van der Waals surface area contributed by atoms with Gasteiger partial charge in [0.1, 0.15) is 11.3 Å². The van der Waals surface area contributed by atoms with Crippen LogP contribution < -0.4 is 5.32 Å². The second-order valence-corrected chi connectivity index (χ2v) is 7.71. The zero-order valence-corrected chi connectivity index (χ0v) is 13.9. The van der Waals surface area contributed by atoms with Crippen LogP contribution in [0.4, 0.5) is 15.2 Å². The van der Waals surface area contributed by atoms with Crippen LogP contribution >= 0.6 is 34.4 Å². The van der Waals surface area contributed by atoms with Crippen molar-refractivity contribution < 1.29 is 4.39 Å². The average Bonchev–Trinajstić information content (AvgIpc) is 3.10. The summed E-state index contributed by atoms with van der Waals surface area (Å²) >= 11 is 4.75. The number of anilines is 2. The Kier molecular flexibility index (Phi) is 3.48. The van der Waals surface area contributed by atoms with Crippen molar-refractivity contribution in [1.29, 1.82) is 0 Å². The van der Waals surface area contributed by atoms with Crippen LogP contribution in [-0.2, 0) is 0 Å². The second kappa shape index (κ2) is 5.49. The van der Waals surface area contributed by atoms with Crippen molar-refractivity contribution in [3.63, 3.8) is 0 Å². The van der Waals surface area contributed by atoms with Gasteiger partial charge in [-0.25, -0.2) is 14.4 Å². The van der Waals surface area contributed by atoms with Gasteiger partial charge in [0.05, 0.1) is 14.9 Å². The third-order valence-corrected chi connectivity index (χ3v) is 6.10. The van der Waals surface area contributed by atoms with Gasteiger partial charge in [-0.1, -0.05) is 29.2 Å². The van der Waals surface area contributed by atoms with Crippen LogP contribution in [0.15, 0.2) is 40.7 Å². The Hall–Kier alpha value is -1.70. The van der Waals surface area contributed by atoms with Crippen molar-refractivity contribution in [3.05, 3.63) is 42.2 Å². The number of para-hydroxylation sites is 1. The second-order valence-electron chi connectivity index (χ2n) is 4.60. The van der Waals surface area contributed by atoms with Crippen LogP contribution in [0.5, 0.6) is 0 Å². The molecule has 2 heterocycles. The molecule has 0 fully saturated rings. The number of halogens is 1. The lowest BCUT2D eigenvalue weighted by molar-refractivity contribution is 0.637.